The summed E-state index contributed by atoms with van der Waals surface area (Å²) in [6.45, 7) is 9.54. The molecule has 2 aromatic carbocycles. The molecule has 0 aromatic heterocycles. The third kappa shape index (κ3) is 9.17. The van der Waals surface area contributed by atoms with Crippen molar-refractivity contribution in [2.24, 2.45) is 11.8 Å². The standard InChI is InChI=1S/C33H45N3O5/c1-6-7-14-22(4)27-20-28(37)36-30(29(24-15-10-8-11-16-24)25-17-12-9-13-18-25)32(39)34-23(5)31(38)35-26(19-21(2)3)33(40)41-27/h8-13,15-18,21-23,26-27,29-30H,6-7,14,19-20H2,1-5H3,(H,34,39)(H,35,38)(H,36,37)/t22-,23+,26+,27-,30-/m0/s1. The van der Waals surface area contributed by atoms with Crippen molar-refractivity contribution in [3.05, 3.63) is 71.8 Å². The maximum absolute atomic E-state index is 13.9. The average molecular weight is 564 g/mol. The Hall–Kier alpha value is -3.68. The maximum atomic E-state index is 13.9. The molecule has 3 N–H and O–H groups in total. The van der Waals surface area contributed by atoms with Gasteiger partial charge in [0.2, 0.25) is 17.7 Å². The summed E-state index contributed by atoms with van der Waals surface area (Å²) in [6.07, 6.45) is 2.26. The van der Waals surface area contributed by atoms with Gasteiger partial charge in [-0.1, -0.05) is 101 Å². The van der Waals surface area contributed by atoms with Gasteiger partial charge in [-0.3, -0.25) is 14.4 Å². The molecule has 1 heterocycles. The Labute approximate surface area is 244 Å². The first-order chi connectivity index (χ1) is 19.6. The van der Waals surface area contributed by atoms with E-state index >= 15 is 0 Å². The molecule has 5 atom stereocenters. The van der Waals surface area contributed by atoms with Gasteiger partial charge in [-0.15, -0.1) is 0 Å². The lowest BCUT2D eigenvalue weighted by molar-refractivity contribution is -0.157. The van der Waals surface area contributed by atoms with E-state index in [2.05, 4.69) is 22.9 Å². The van der Waals surface area contributed by atoms with Crippen molar-refractivity contribution in [3.63, 3.8) is 0 Å². The summed E-state index contributed by atoms with van der Waals surface area (Å²) in [4.78, 5) is 54.1. The van der Waals surface area contributed by atoms with E-state index in [0.717, 1.165) is 30.4 Å². The normalized spacial score (nSPS) is 23.4. The van der Waals surface area contributed by atoms with E-state index in [1.54, 1.807) is 6.92 Å². The fourth-order valence-corrected chi connectivity index (χ4v) is 5.27. The van der Waals surface area contributed by atoms with Crippen LogP contribution in [-0.4, -0.2) is 47.9 Å². The van der Waals surface area contributed by atoms with Crippen molar-refractivity contribution in [1.29, 1.82) is 0 Å². The number of amides is 3. The first-order valence-corrected chi connectivity index (χ1v) is 14.8. The van der Waals surface area contributed by atoms with Crippen molar-refractivity contribution in [1.82, 2.24) is 16.0 Å². The molecule has 8 nitrogen and oxygen atoms in total. The highest BCUT2D eigenvalue weighted by atomic mass is 16.5. The molecule has 0 saturated carbocycles. The lowest BCUT2D eigenvalue weighted by Gasteiger charge is -2.30. The molecule has 3 amide bonds. The van der Waals surface area contributed by atoms with Gasteiger partial charge in [0.1, 0.15) is 24.2 Å². The zero-order valence-corrected chi connectivity index (χ0v) is 24.9. The first kappa shape index (κ1) is 31.8. The number of unbranched alkanes of at least 4 members (excludes halogenated alkanes) is 1. The number of hydrogen-bond donors (Lipinski definition) is 3. The second-order valence-corrected chi connectivity index (χ2v) is 11.6. The van der Waals surface area contributed by atoms with E-state index < -0.39 is 53.8 Å². The number of hydrogen-bond acceptors (Lipinski definition) is 5. The number of benzene rings is 2. The van der Waals surface area contributed by atoms with Crippen LogP contribution in [0.15, 0.2) is 60.7 Å². The van der Waals surface area contributed by atoms with Crippen molar-refractivity contribution < 1.29 is 23.9 Å². The van der Waals surface area contributed by atoms with Crippen molar-refractivity contribution in [2.45, 2.75) is 96.9 Å². The minimum absolute atomic E-state index is 0.0876. The predicted molar refractivity (Wildman–Crippen MR) is 159 cm³/mol. The van der Waals surface area contributed by atoms with Crippen LogP contribution in [0.3, 0.4) is 0 Å². The fraction of sp³-hybridized carbons (Fsp3) is 0.515. The molecular weight excluding hydrogens is 518 g/mol. The lowest BCUT2D eigenvalue weighted by Crippen LogP contribution is -2.56. The summed E-state index contributed by atoms with van der Waals surface area (Å²) in [5.41, 5.74) is 1.69. The van der Waals surface area contributed by atoms with Gasteiger partial charge in [-0.05, 0) is 42.7 Å². The largest absolute Gasteiger partial charge is 0.460 e. The van der Waals surface area contributed by atoms with Crippen molar-refractivity contribution in [3.8, 4) is 0 Å². The smallest absolute Gasteiger partial charge is 0.328 e. The van der Waals surface area contributed by atoms with Crippen LogP contribution < -0.4 is 16.0 Å². The average Bonchev–Trinajstić information content (AvgIpc) is 2.95. The van der Waals surface area contributed by atoms with Gasteiger partial charge in [0.25, 0.3) is 0 Å². The SMILES string of the molecule is CCCC[C@H](C)[C@@H]1CC(=O)N[C@@H](C(c2ccccc2)c2ccccc2)C(=O)N[C@H](C)C(=O)N[C@H](CC(C)C)C(=O)O1. The van der Waals surface area contributed by atoms with E-state index in [-0.39, 0.29) is 18.3 Å². The molecule has 41 heavy (non-hydrogen) atoms. The topological polar surface area (TPSA) is 114 Å². The van der Waals surface area contributed by atoms with Crippen LogP contribution in [-0.2, 0) is 23.9 Å². The third-order valence-electron chi connectivity index (χ3n) is 7.61. The van der Waals surface area contributed by atoms with E-state index in [9.17, 15) is 19.2 Å². The zero-order valence-electron chi connectivity index (χ0n) is 24.9. The van der Waals surface area contributed by atoms with E-state index in [1.807, 2.05) is 81.4 Å². The molecule has 1 fully saturated rings. The monoisotopic (exact) mass is 563 g/mol. The van der Waals surface area contributed by atoms with Gasteiger partial charge in [0.05, 0.1) is 6.42 Å². The van der Waals surface area contributed by atoms with Gasteiger partial charge in [-0.25, -0.2) is 4.79 Å². The van der Waals surface area contributed by atoms with Gasteiger partial charge in [0, 0.05) is 5.92 Å². The highest BCUT2D eigenvalue weighted by Crippen LogP contribution is 2.29. The molecule has 8 heteroatoms. The highest BCUT2D eigenvalue weighted by molar-refractivity contribution is 5.94. The molecule has 1 aliphatic heterocycles. The summed E-state index contributed by atoms with van der Waals surface area (Å²) in [5, 5.41) is 8.55. The Balaban J connectivity index is 2.05. The molecule has 2 aromatic rings. The van der Waals surface area contributed by atoms with Crippen LogP contribution in [0.5, 0.6) is 0 Å². The van der Waals surface area contributed by atoms with Gasteiger partial charge < -0.3 is 20.7 Å². The van der Waals surface area contributed by atoms with E-state index in [4.69, 9.17) is 4.74 Å². The summed E-state index contributed by atoms with van der Waals surface area (Å²) in [5.74, 6) is -2.43. The minimum Gasteiger partial charge on any atom is -0.460 e. The maximum Gasteiger partial charge on any atom is 0.328 e. The lowest BCUT2D eigenvalue weighted by atomic mass is 9.84. The molecule has 222 valence electrons. The van der Waals surface area contributed by atoms with Gasteiger partial charge in [-0.2, -0.15) is 0 Å². The minimum atomic E-state index is -1.02. The number of ether oxygens (including phenoxy) is 1. The highest BCUT2D eigenvalue weighted by Gasteiger charge is 2.37. The van der Waals surface area contributed by atoms with Crippen molar-refractivity contribution >= 4 is 23.7 Å². The van der Waals surface area contributed by atoms with E-state index in [0.29, 0.717) is 6.42 Å². The summed E-state index contributed by atoms with van der Waals surface area (Å²) in [7, 11) is 0. The molecular formula is C33H45N3O5. The molecule has 1 aliphatic rings. The van der Waals surface area contributed by atoms with Crippen LogP contribution in [0.2, 0.25) is 0 Å². The van der Waals surface area contributed by atoms with Gasteiger partial charge in [0.15, 0.2) is 0 Å². The molecule has 0 spiro atoms. The number of carbonyl (C=O) groups is 4. The van der Waals surface area contributed by atoms with Crippen LogP contribution in [0.1, 0.15) is 83.8 Å². The number of cyclic esters (lactones) is 1. The van der Waals surface area contributed by atoms with Crippen LogP contribution in [0.25, 0.3) is 0 Å². The predicted octanol–water partition coefficient (Wildman–Crippen LogP) is 4.48. The Bertz CT molecular complexity index is 1110. The fourth-order valence-electron chi connectivity index (χ4n) is 5.27. The number of rotatable bonds is 9. The first-order valence-electron chi connectivity index (χ1n) is 14.8. The molecule has 0 radical (unpaired) electrons. The Kier molecular flexibility index (Phi) is 11.9. The molecule has 3 rings (SSSR count). The Morgan fingerprint density at radius 2 is 1.41 bits per heavy atom. The third-order valence-corrected chi connectivity index (χ3v) is 7.61. The molecule has 0 aliphatic carbocycles. The van der Waals surface area contributed by atoms with Crippen LogP contribution >= 0.6 is 0 Å². The number of esters is 1. The quantitative estimate of drug-likeness (QED) is 0.390. The molecule has 1 saturated heterocycles. The summed E-state index contributed by atoms with van der Waals surface area (Å²) >= 11 is 0. The molecule has 0 bridgehead atoms. The number of carbonyl (C=O) groups excluding carboxylic acids is 4. The van der Waals surface area contributed by atoms with Gasteiger partial charge >= 0.3 is 5.97 Å². The van der Waals surface area contributed by atoms with Crippen molar-refractivity contribution in [2.75, 3.05) is 0 Å². The van der Waals surface area contributed by atoms with Crippen LogP contribution in [0, 0.1) is 11.8 Å². The van der Waals surface area contributed by atoms with Crippen LogP contribution in [0.4, 0.5) is 0 Å². The second-order valence-electron chi connectivity index (χ2n) is 11.6. The Morgan fingerprint density at radius 3 is 1.95 bits per heavy atom. The summed E-state index contributed by atoms with van der Waals surface area (Å²) in [6, 6.07) is 16.2. The zero-order chi connectivity index (χ0) is 29.9. The summed E-state index contributed by atoms with van der Waals surface area (Å²) < 4.78 is 5.96. The Morgan fingerprint density at radius 1 is 0.829 bits per heavy atom. The van der Waals surface area contributed by atoms with E-state index in [1.165, 1.54) is 0 Å². The number of nitrogens with one attached hydrogen (secondary N) is 3. The second kappa shape index (κ2) is 15.4. The molecule has 0 unspecified atom stereocenters.